The molecule has 120 valence electrons. The number of fused-ring (bicyclic) bond motifs is 1. The number of hydrogen-bond donors (Lipinski definition) is 2. The maximum absolute atomic E-state index is 13.2. The van der Waals surface area contributed by atoms with Crippen LogP contribution < -0.4 is 10.6 Å². The van der Waals surface area contributed by atoms with Crippen LogP contribution in [0.15, 0.2) is 29.3 Å². The zero-order valence-electron chi connectivity index (χ0n) is 12.5. The van der Waals surface area contributed by atoms with Gasteiger partial charge in [0.1, 0.15) is 0 Å². The van der Waals surface area contributed by atoms with Crippen LogP contribution in [0.4, 0.5) is 0 Å². The second-order valence-electron chi connectivity index (χ2n) is 5.69. The molecule has 3 rings (SSSR count). The summed E-state index contributed by atoms with van der Waals surface area (Å²) in [6, 6.07) is 5.44. The average molecular weight is 386 g/mol. The highest BCUT2D eigenvalue weighted by Crippen LogP contribution is 2.35. The van der Waals surface area contributed by atoms with E-state index in [0.717, 1.165) is 28.6 Å². The van der Waals surface area contributed by atoms with Gasteiger partial charge in [-0.1, -0.05) is 12.1 Å². The van der Waals surface area contributed by atoms with Gasteiger partial charge in [-0.3, -0.25) is 0 Å². The molecule has 0 unspecified atom stereocenters. The van der Waals surface area contributed by atoms with Crippen LogP contribution in [-0.2, 0) is 16.6 Å². The van der Waals surface area contributed by atoms with E-state index in [4.69, 9.17) is 0 Å². The first-order chi connectivity index (χ1) is 10.5. The molecule has 22 heavy (non-hydrogen) atoms. The maximum atomic E-state index is 13.2. The summed E-state index contributed by atoms with van der Waals surface area (Å²) >= 11 is 3.49. The molecular formula is C15H20BrN3O2S. The molecule has 1 fully saturated rings. The summed E-state index contributed by atoms with van der Waals surface area (Å²) in [4.78, 5) is 0.392. The van der Waals surface area contributed by atoms with Gasteiger partial charge in [0.15, 0.2) is 0 Å². The topological polar surface area (TPSA) is 61.4 Å². The Morgan fingerprint density at radius 2 is 2.18 bits per heavy atom. The van der Waals surface area contributed by atoms with E-state index < -0.39 is 10.0 Å². The number of nitrogens with one attached hydrogen (secondary N) is 2. The van der Waals surface area contributed by atoms with Gasteiger partial charge in [-0.25, -0.2) is 8.42 Å². The summed E-state index contributed by atoms with van der Waals surface area (Å²) in [6.07, 6.45) is 2.64. The summed E-state index contributed by atoms with van der Waals surface area (Å²) in [7, 11) is -3.51. The third-order valence-corrected chi connectivity index (χ3v) is 6.80. The van der Waals surface area contributed by atoms with Crippen LogP contribution >= 0.6 is 15.9 Å². The smallest absolute Gasteiger partial charge is 0.244 e. The van der Waals surface area contributed by atoms with Crippen LogP contribution in [-0.4, -0.2) is 38.4 Å². The molecule has 0 radical (unpaired) electrons. The van der Waals surface area contributed by atoms with Gasteiger partial charge in [0.2, 0.25) is 10.0 Å². The summed E-state index contributed by atoms with van der Waals surface area (Å²) in [5.74, 6) is 0. The Bertz CT molecular complexity index is 703. The molecule has 5 nitrogen and oxygen atoms in total. The molecule has 1 atom stereocenters. The minimum atomic E-state index is -3.51. The number of halogens is 1. The monoisotopic (exact) mass is 385 g/mol. The molecule has 0 bridgehead atoms. The first-order valence-corrected chi connectivity index (χ1v) is 9.69. The minimum Gasteiger partial charge on any atom is -0.386 e. The summed E-state index contributed by atoms with van der Waals surface area (Å²) in [5, 5.41) is 6.43. The molecule has 1 aromatic rings. The third kappa shape index (κ3) is 2.82. The van der Waals surface area contributed by atoms with Crippen molar-refractivity contribution >= 4 is 30.4 Å². The van der Waals surface area contributed by atoms with E-state index in [9.17, 15) is 8.42 Å². The molecule has 0 spiro atoms. The van der Waals surface area contributed by atoms with Gasteiger partial charge in [-0.15, -0.1) is 0 Å². The van der Waals surface area contributed by atoms with Crippen molar-refractivity contribution in [3.63, 3.8) is 0 Å². The van der Waals surface area contributed by atoms with Gasteiger partial charge in [0.05, 0.1) is 4.90 Å². The minimum absolute atomic E-state index is 0.0483. The van der Waals surface area contributed by atoms with Gasteiger partial charge < -0.3 is 10.6 Å². The van der Waals surface area contributed by atoms with Gasteiger partial charge in [0.25, 0.3) is 0 Å². The molecule has 2 heterocycles. The van der Waals surface area contributed by atoms with Crippen molar-refractivity contribution in [3.05, 3.63) is 35.5 Å². The Morgan fingerprint density at radius 3 is 3.00 bits per heavy atom. The highest BCUT2D eigenvalue weighted by Gasteiger charge is 2.33. The second-order valence-corrected chi connectivity index (χ2v) is 8.40. The number of benzene rings is 1. The number of hydrogen-bond acceptors (Lipinski definition) is 4. The lowest BCUT2D eigenvalue weighted by molar-refractivity contribution is 0.353. The maximum Gasteiger partial charge on any atom is 0.244 e. The molecular weight excluding hydrogens is 366 g/mol. The predicted molar refractivity (Wildman–Crippen MR) is 91.0 cm³/mol. The van der Waals surface area contributed by atoms with Crippen molar-refractivity contribution in [1.29, 1.82) is 0 Å². The molecule has 0 saturated carbocycles. The van der Waals surface area contributed by atoms with E-state index in [0.29, 0.717) is 24.5 Å². The second kappa shape index (κ2) is 6.31. The van der Waals surface area contributed by atoms with Crippen molar-refractivity contribution in [1.82, 2.24) is 14.9 Å². The number of nitrogens with zero attached hydrogens (tertiary/aromatic N) is 1. The van der Waals surface area contributed by atoms with E-state index in [-0.39, 0.29) is 6.04 Å². The SMILES string of the molecule is C[C@H]1CNCCCN1S(=O)(=O)c1cccc2c1C(Br)=CNC2. The van der Waals surface area contributed by atoms with Crippen molar-refractivity contribution in [2.24, 2.45) is 0 Å². The summed E-state index contributed by atoms with van der Waals surface area (Å²) in [5.41, 5.74) is 1.78. The molecule has 7 heteroatoms. The lowest BCUT2D eigenvalue weighted by atomic mass is 10.1. The summed E-state index contributed by atoms with van der Waals surface area (Å²) in [6.45, 7) is 4.70. The van der Waals surface area contributed by atoms with Crippen molar-refractivity contribution < 1.29 is 8.42 Å². The molecule has 2 N–H and O–H groups in total. The van der Waals surface area contributed by atoms with Crippen molar-refractivity contribution in [3.8, 4) is 0 Å². The van der Waals surface area contributed by atoms with Gasteiger partial charge in [-0.05, 0) is 47.4 Å². The molecule has 1 aromatic carbocycles. The molecule has 0 amide bonds. The van der Waals surface area contributed by atoms with Crippen LogP contribution in [0.5, 0.6) is 0 Å². The lowest BCUT2D eigenvalue weighted by Gasteiger charge is -2.28. The zero-order chi connectivity index (χ0) is 15.7. The van der Waals surface area contributed by atoms with Gasteiger partial charge >= 0.3 is 0 Å². The van der Waals surface area contributed by atoms with Crippen molar-refractivity contribution in [2.45, 2.75) is 30.8 Å². The largest absolute Gasteiger partial charge is 0.386 e. The predicted octanol–water partition coefficient (Wildman–Crippen LogP) is 1.86. The highest BCUT2D eigenvalue weighted by molar-refractivity contribution is 9.15. The van der Waals surface area contributed by atoms with Crippen LogP contribution in [0.3, 0.4) is 0 Å². The highest BCUT2D eigenvalue weighted by atomic mass is 79.9. The van der Waals surface area contributed by atoms with Gasteiger partial charge in [0, 0.05) is 41.9 Å². The first-order valence-electron chi connectivity index (χ1n) is 7.45. The van der Waals surface area contributed by atoms with E-state index in [1.54, 1.807) is 10.4 Å². The number of sulfonamides is 1. The Balaban J connectivity index is 2.09. The van der Waals surface area contributed by atoms with Crippen LogP contribution in [0.25, 0.3) is 4.48 Å². The van der Waals surface area contributed by atoms with Crippen LogP contribution in [0, 0.1) is 0 Å². The van der Waals surface area contributed by atoms with Crippen molar-refractivity contribution in [2.75, 3.05) is 19.6 Å². The zero-order valence-corrected chi connectivity index (χ0v) is 14.9. The van der Waals surface area contributed by atoms with Crippen LogP contribution in [0.1, 0.15) is 24.5 Å². The van der Waals surface area contributed by atoms with E-state index in [1.807, 2.05) is 25.3 Å². The van der Waals surface area contributed by atoms with E-state index in [2.05, 4.69) is 26.6 Å². The Morgan fingerprint density at radius 1 is 1.36 bits per heavy atom. The van der Waals surface area contributed by atoms with E-state index >= 15 is 0 Å². The van der Waals surface area contributed by atoms with Crippen LogP contribution in [0.2, 0.25) is 0 Å². The quantitative estimate of drug-likeness (QED) is 0.815. The fourth-order valence-corrected chi connectivity index (χ4v) is 5.69. The molecule has 2 aliphatic rings. The molecule has 1 saturated heterocycles. The Labute approximate surface area is 140 Å². The molecule has 2 aliphatic heterocycles. The average Bonchev–Trinajstić information content (AvgIpc) is 2.72. The first kappa shape index (κ1) is 16.0. The molecule has 0 aromatic heterocycles. The lowest BCUT2D eigenvalue weighted by Crippen LogP contribution is -2.42. The summed E-state index contributed by atoms with van der Waals surface area (Å²) < 4.78 is 28.8. The number of rotatable bonds is 2. The normalized spacial score (nSPS) is 23.2. The van der Waals surface area contributed by atoms with E-state index in [1.165, 1.54) is 0 Å². The third-order valence-electron chi connectivity index (χ3n) is 4.12. The molecule has 0 aliphatic carbocycles. The Kier molecular flexibility index (Phi) is 4.59. The van der Waals surface area contributed by atoms with Gasteiger partial charge in [-0.2, -0.15) is 4.31 Å². The fraction of sp³-hybridized carbons (Fsp3) is 0.467. The Hall–Kier alpha value is -0.890. The fourth-order valence-electron chi connectivity index (χ4n) is 3.01. The standard InChI is InChI=1S/C15H20BrN3O2S/c1-11-8-17-6-3-7-19(11)22(20,21)14-5-2-4-12-9-18-10-13(16)15(12)14/h2,4-5,10-11,17-18H,3,6-9H2,1H3/t11-/m0/s1.